The van der Waals surface area contributed by atoms with E-state index in [0.29, 0.717) is 17.5 Å². The molecule has 2 unspecified atom stereocenters. The molecule has 16 heavy (non-hydrogen) atoms. The van der Waals surface area contributed by atoms with Crippen LogP contribution in [-0.2, 0) is 0 Å². The van der Waals surface area contributed by atoms with Crippen molar-refractivity contribution in [2.24, 2.45) is 11.3 Å². The summed E-state index contributed by atoms with van der Waals surface area (Å²) in [6.07, 6.45) is 2.91. The molecule has 2 fully saturated rings. The molecule has 1 N–H and O–H groups in total. The highest BCUT2D eigenvalue weighted by atomic mass is 15.3. The zero-order valence-corrected chi connectivity index (χ0v) is 11.6. The van der Waals surface area contributed by atoms with E-state index in [1.54, 1.807) is 0 Å². The van der Waals surface area contributed by atoms with E-state index in [0.717, 1.165) is 12.0 Å². The van der Waals surface area contributed by atoms with Crippen LogP contribution in [0, 0.1) is 11.3 Å². The molecule has 1 saturated carbocycles. The molecule has 0 aromatic rings. The minimum atomic E-state index is 0.377. The maximum absolute atomic E-state index is 3.77. The maximum Gasteiger partial charge on any atom is 0.0252 e. The van der Waals surface area contributed by atoms with Gasteiger partial charge in [0.15, 0.2) is 0 Å². The highest BCUT2D eigenvalue weighted by molar-refractivity contribution is 4.98. The molecule has 94 valence electrons. The molecule has 2 rings (SSSR count). The average Bonchev–Trinajstić information content (AvgIpc) is 2.98. The van der Waals surface area contributed by atoms with Gasteiger partial charge in [0.1, 0.15) is 0 Å². The second-order valence-electron chi connectivity index (χ2n) is 7.02. The lowest BCUT2D eigenvalue weighted by atomic mass is 9.84. The number of nitrogens with one attached hydrogen (secondary N) is 1. The van der Waals surface area contributed by atoms with E-state index in [9.17, 15) is 0 Å². The van der Waals surface area contributed by atoms with Crippen LogP contribution in [-0.4, -0.2) is 36.1 Å². The highest BCUT2D eigenvalue weighted by Crippen LogP contribution is 2.38. The zero-order chi connectivity index (χ0) is 11.9. The molecule has 0 aromatic carbocycles. The van der Waals surface area contributed by atoms with E-state index < -0.39 is 0 Å². The van der Waals surface area contributed by atoms with Crippen molar-refractivity contribution in [2.75, 3.05) is 13.1 Å². The van der Waals surface area contributed by atoms with Crippen molar-refractivity contribution in [3.63, 3.8) is 0 Å². The Morgan fingerprint density at radius 1 is 1.19 bits per heavy atom. The summed E-state index contributed by atoms with van der Waals surface area (Å²) >= 11 is 0. The molecule has 1 aliphatic carbocycles. The summed E-state index contributed by atoms with van der Waals surface area (Å²) in [6, 6.07) is 2.14. The second kappa shape index (κ2) is 4.30. The molecule has 0 spiro atoms. The fraction of sp³-hybridized carbons (Fsp3) is 1.00. The van der Waals surface area contributed by atoms with Crippen LogP contribution in [0.15, 0.2) is 0 Å². The van der Waals surface area contributed by atoms with Gasteiger partial charge in [-0.25, -0.2) is 0 Å². The summed E-state index contributed by atoms with van der Waals surface area (Å²) in [5, 5.41) is 3.77. The second-order valence-corrected chi connectivity index (χ2v) is 7.02. The molecule has 0 radical (unpaired) electrons. The van der Waals surface area contributed by atoms with Crippen molar-refractivity contribution >= 4 is 0 Å². The van der Waals surface area contributed by atoms with Gasteiger partial charge in [-0.05, 0) is 38.0 Å². The first-order chi connectivity index (χ1) is 7.39. The summed E-state index contributed by atoms with van der Waals surface area (Å²) in [4.78, 5) is 2.74. The van der Waals surface area contributed by atoms with Crippen LogP contribution in [0.5, 0.6) is 0 Å². The Hall–Kier alpha value is -0.0800. The van der Waals surface area contributed by atoms with E-state index in [4.69, 9.17) is 0 Å². The van der Waals surface area contributed by atoms with Crippen molar-refractivity contribution in [3.8, 4) is 0 Å². The Morgan fingerprint density at radius 2 is 1.81 bits per heavy atom. The summed E-state index contributed by atoms with van der Waals surface area (Å²) in [5.41, 5.74) is 0.377. The van der Waals surface area contributed by atoms with Gasteiger partial charge in [-0.1, -0.05) is 20.8 Å². The molecule has 1 saturated heterocycles. The molecule has 2 nitrogen and oxygen atoms in total. The predicted molar refractivity (Wildman–Crippen MR) is 69.6 cm³/mol. The van der Waals surface area contributed by atoms with Crippen LogP contribution in [0.2, 0.25) is 0 Å². The lowest BCUT2D eigenvalue weighted by Crippen LogP contribution is -2.62. The van der Waals surface area contributed by atoms with Gasteiger partial charge >= 0.3 is 0 Å². The van der Waals surface area contributed by atoms with Crippen molar-refractivity contribution < 1.29 is 0 Å². The molecular formula is C14H28N2. The number of nitrogens with zero attached hydrogens (tertiary/aromatic N) is 1. The third-order valence-corrected chi connectivity index (χ3v) is 4.27. The van der Waals surface area contributed by atoms with E-state index in [2.05, 4.69) is 44.8 Å². The van der Waals surface area contributed by atoms with E-state index in [1.807, 2.05) is 0 Å². The predicted octanol–water partition coefficient (Wildman–Crippen LogP) is 2.49. The van der Waals surface area contributed by atoms with E-state index >= 15 is 0 Å². The highest BCUT2D eigenvalue weighted by Gasteiger charge is 2.41. The number of piperazine rings is 1. The molecular weight excluding hydrogens is 196 g/mol. The third kappa shape index (κ3) is 2.60. The normalized spacial score (nSPS) is 33.4. The molecule has 1 aliphatic heterocycles. The van der Waals surface area contributed by atoms with Crippen molar-refractivity contribution in [1.29, 1.82) is 0 Å². The molecule has 2 atom stereocenters. The van der Waals surface area contributed by atoms with Gasteiger partial charge in [0, 0.05) is 31.2 Å². The molecule has 2 heteroatoms. The Kier molecular flexibility index (Phi) is 3.33. The van der Waals surface area contributed by atoms with Gasteiger partial charge in [0.2, 0.25) is 0 Å². The first-order valence-electron chi connectivity index (χ1n) is 6.88. The largest absolute Gasteiger partial charge is 0.311 e. The van der Waals surface area contributed by atoms with Gasteiger partial charge in [-0.15, -0.1) is 0 Å². The van der Waals surface area contributed by atoms with Crippen LogP contribution in [0.4, 0.5) is 0 Å². The first-order valence-corrected chi connectivity index (χ1v) is 6.88. The Balaban J connectivity index is 2.02. The average molecular weight is 224 g/mol. The molecule has 0 aromatic heterocycles. The summed E-state index contributed by atoms with van der Waals surface area (Å²) < 4.78 is 0. The summed E-state index contributed by atoms with van der Waals surface area (Å²) in [5.74, 6) is 0.982. The van der Waals surface area contributed by atoms with Crippen LogP contribution in [0.25, 0.3) is 0 Å². The number of rotatable bonds is 2. The minimum absolute atomic E-state index is 0.377. The minimum Gasteiger partial charge on any atom is -0.311 e. The van der Waals surface area contributed by atoms with E-state index in [-0.39, 0.29) is 0 Å². The van der Waals surface area contributed by atoms with Crippen LogP contribution in [0.1, 0.15) is 47.5 Å². The van der Waals surface area contributed by atoms with Crippen LogP contribution < -0.4 is 5.32 Å². The molecule has 0 bridgehead atoms. The van der Waals surface area contributed by atoms with Crippen molar-refractivity contribution in [3.05, 3.63) is 0 Å². The molecule has 0 amide bonds. The standard InChI is InChI=1S/C14H28N2/c1-10(2)16-9-13(14(3,4)5)15-8-12(16)11-6-7-11/h10-13,15H,6-9H2,1-5H3. The Labute approximate surface area is 101 Å². The molecule has 1 heterocycles. The third-order valence-electron chi connectivity index (χ3n) is 4.27. The zero-order valence-electron chi connectivity index (χ0n) is 11.6. The Morgan fingerprint density at radius 3 is 2.25 bits per heavy atom. The lowest BCUT2D eigenvalue weighted by molar-refractivity contribution is 0.0511. The maximum atomic E-state index is 3.77. The lowest BCUT2D eigenvalue weighted by Gasteiger charge is -2.47. The van der Waals surface area contributed by atoms with Crippen LogP contribution >= 0.6 is 0 Å². The first kappa shape index (κ1) is 12.4. The van der Waals surface area contributed by atoms with Gasteiger partial charge in [0.05, 0.1) is 0 Å². The van der Waals surface area contributed by atoms with Crippen LogP contribution in [0.3, 0.4) is 0 Å². The van der Waals surface area contributed by atoms with Gasteiger partial charge in [0.25, 0.3) is 0 Å². The topological polar surface area (TPSA) is 15.3 Å². The number of hydrogen-bond donors (Lipinski definition) is 1. The molecule has 2 aliphatic rings. The van der Waals surface area contributed by atoms with E-state index in [1.165, 1.54) is 25.9 Å². The van der Waals surface area contributed by atoms with Gasteiger partial charge in [-0.2, -0.15) is 0 Å². The smallest absolute Gasteiger partial charge is 0.0252 e. The fourth-order valence-corrected chi connectivity index (χ4v) is 2.88. The van der Waals surface area contributed by atoms with Crippen molar-refractivity contribution in [1.82, 2.24) is 10.2 Å². The summed E-state index contributed by atoms with van der Waals surface area (Å²) in [7, 11) is 0. The van der Waals surface area contributed by atoms with Gasteiger partial charge < -0.3 is 5.32 Å². The quantitative estimate of drug-likeness (QED) is 0.775. The fourth-order valence-electron chi connectivity index (χ4n) is 2.88. The number of hydrogen-bond acceptors (Lipinski definition) is 2. The monoisotopic (exact) mass is 224 g/mol. The summed E-state index contributed by atoms with van der Waals surface area (Å²) in [6.45, 7) is 14.2. The Bertz CT molecular complexity index is 238. The SMILES string of the molecule is CC(C)N1CC(C(C)(C)C)NCC1C1CC1. The van der Waals surface area contributed by atoms with Gasteiger partial charge in [-0.3, -0.25) is 4.90 Å². The van der Waals surface area contributed by atoms with Crippen molar-refractivity contribution in [2.45, 2.75) is 65.6 Å².